The van der Waals surface area contributed by atoms with E-state index < -0.39 is 22.2 Å². The van der Waals surface area contributed by atoms with Crippen molar-refractivity contribution in [2.45, 2.75) is 22.7 Å². The molecule has 1 aliphatic heterocycles. The van der Waals surface area contributed by atoms with Crippen molar-refractivity contribution in [2.24, 2.45) is 0 Å². The largest absolute Gasteiger partial charge is 0.447 e. The number of aryl methyl sites for hydroxylation is 1. The van der Waals surface area contributed by atoms with Crippen LogP contribution < -0.4 is 0 Å². The van der Waals surface area contributed by atoms with Gasteiger partial charge >= 0.3 is 6.09 Å². The highest BCUT2D eigenvalue weighted by Crippen LogP contribution is 2.40. The summed E-state index contributed by atoms with van der Waals surface area (Å²) in [6.45, 7) is 1.96. The average Bonchev–Trinajstić information content (AvgIpc) is 2.69. The van der Waals surface area contributed by atoms with Crippen LogP contribution in [0.3, 0.4) is 0 Å². The highest BCUT2D eigenvalue weighted by molar-refractivity contribution is 9.09. The number of cyclic esters (lactones) is 1. The number of rotatable bonds is 3. The quantitative estimate of drug-likeness (QED) is 0.527. The smallest absolute Gasteiger partial charge is 0.424 e. The molecule has 28 heavy (non-hydrogen) atoms. The number of alkyl halides is 1. The van der Waals surface area contributed by atoms with Crippen molar-refractivity contribution >= 4 is 42.8 Å². The van der Waals surface area contributed by atoms with Crippen molar-refractivity contribution in [3.63, 3.8) is 0 Å². The number of amides is 1. The number of halogens is 1. The van der Waals surface area contributed by atoms with E-state index >= 15 is 0 Å². The van der Waals surface area contributed by atoms with E-state index in [4.69, 9.17) is 4.74 Å². The molecule has 1 fully saturated rings. The predicted octanol–water partition coefficient (Wildman–Crippen LogP) is 4.79. The summed E-state index contributed by atoms with van der Waals surface area (Å²) in [6, 6.07) is 19.1. The highest BCUT2D eigenvalue weighted by Gasteiger charge is 2.45. The fourth-order valence-electron chi connectivity index (χ4n) is 3.47. The van der Waals surface area contributed by atoms with E-state index in [1.165, 1.54) is 12.1 Å². The van der Waals surface area contributed by atoms with Gasteiger partial charge in [0.15, 0.2) is 0 Å². The zero-order valence-electron chi connectivity index (χ0n) is 15.1. The molecule has 1 aliphatic rings. The molecule has 5 nitrogen and oxygen atoms in total. The van der Waals surface area contributed by atoms with E-state index in [2.05, 4.69) is 15.9 Å². The summed E-state index contributed by atoms with van der Waals surface area (Å²) in [5.41, 5.74) is 1.69. The number of sulfonamides is 1. The van der Waals surface area contributed by atoms with E-state index in [-0.39, 0.29) is 16.3 Å². The molecule has 0 bridgehead atoms. The molecular weight excluding hydrogens is 442 g/mol. The Hall–Kier alpha value is -2.38. The van der Waals surface area contributed by atoms with Gasteiger partial charge in [0.25, 0.3) is 10.0 Å². The standard InChI is InChI=1S/C21H18BrNO4S/c1-14-9-11-16(12-10-14)28(25,26)23-20(19(22)13-27-21(23)24)18-8-4-6-15-5-2-3-7-17(15)18/h2-12,19-20H,13H2,1H3/t19-,20+/m0/s1. The third-order valence-electron chi connectivity index (χ3n) is 4.86. The summed E-state index contributed by atoms with van der Waals surface area (Å²) >= 11 is 3.54. The molecule has 0 N–H and O–H groups in total. The lowest BCUT2D eigenvalue weighted by atomic mass is 9.96. The number of fused-ring (bicyclic) bond motifs is 1. The second kappa shape index (κ2) is 7.22. The molecule has 4 rings (SSSR count). The van der Waals surface area contributed by atoms with Crippen molar-refractivity contribution in [3.8, 4) is 0 Å². The van der Waals surface area contributed by atoms with Gasteiger partial charge in [-0.05, 0) is 35.4 Å². The molecule has 0 saturated carbocycles. The maximum Gasteiger partial charge on any atom is 0.424 e. The maximum atomic E-state index is 13.4. The Morgan fingerprint density at radius 2 is 1.68 bits per heavy atom. The first kappa shape index (κ1) is 19.0. The van der Waals surface area contributed by atoms with E-state index in [9.17, 15) is 13.2 Å². The van der Waals surface area contributed by atoms with Gasteiger partial charge in [-0.1, -0.05) is 76.1 Å². The van der Waals surface area contributed by atoms with Crippen molar-refractivity contribution in [1.29, 1.82) is 0 Å². The molecule has 144 valence electrons. The van der Waals surface area contributed by atoms with E-state index in [1.54, 1.807) is 12.1 Å². The maximum absolute atomic E-state index is 13.4. The van der Waals surface area contributed by atoms with Gasteiger partial charge in [0.05, 0.1) is 15.8 Å². The van der Waals surface area contributed by atoms with Gasteiger partial charge in [0.1, 0.15) is 6.61 Å². The minimum atomic E-state index is -4.10. The second-order valence-corrected chi connectivity index (χ2v) is 9.71. The molecule has 1 saturated heterocycles. The average molecular weight is 460 g/mol. The van der Waals surface area contributed by atoms with E-state index in [0.717, 1.165) is 26.2 Å². The Kier molecular flexibility index (Phi) is 4.89. The molecule has 0 spiro atoms. The Balaban J connectivity index is 1.90. The molecule has 0 radical (unpaired) electrons. The molecule has 1 amide bonds. The van der Waals surface area contributed by atoms with Crippen LogP contribution >= 0.6 is 15.9 Å². The Morgan fingerprint density at radius 3 is 2.43 bits per heavy atom. The molecular formula is C21H18BrNO4S. The van der Waals surface area contributed by atoms with Crippen molar-refractivity contribution in [2.75, 3.05) is 6.61 Å². The third-order valence-corrected chi connectivity index (χ3v) is 7.39. The summed E-state index contributed by atoms with van der Waals surface area (Å²) in [5.74, 6) is 0. The number of hydrogen-bond acceptors (Lipinski definition) is 4. The topological polar surface area (TPSA) is 63.7 Å². The molecule has 3 aromatic carbocycles. The summed E-state index contributed by atoms with van der Waals surface area (Å²) in [7, 11) is -4.10. The van der Waals surface area contributed by atoms with Gasteiger partial charge in [-0.3, -0.25) is 0 Å². The lowest BCUT2D eigenvalue weighted by Gasteiger charge is -2.37. The lowest BCUT2D eigenvalue weighted by molar-refractivity contribution is 0.0842. The van der Waals surface area contributed by atoms with Crippen LogP contribution in [0.5, 0.6) is 0 Å². The normalized spacial score (nSPS) is 20.2. The summed E-state index contributed by atoms with van der Waals surface area (Å²) in [5, 5.41) is 1.88. The molecule has 2 atom stereocenters. The summed E-state index contributed by atoms with van der Waals surface area (Å²) in [4.78, 5) is 12.3. The zero-order valence-corrected chi connectivity index (χ0v) is 17.5. The van der Waals surface area contributed by atoms with Crippen LogP contribution in [0.15, 0.2) is 71.6 Å². The lowest BCUT2D eigenvalue weighted by Crippen LogP contribution is -2.49. The Labute approximate surface area is 172 Å². The number of ether oxygens (including phenoxy) is 1. The van der Waals surface area contributed by atoms with E-state index in [1.807, 2.05) is 49.4 Å². The summed E-state index contributed by atoms with van der Waals surface area (Å²) < 4.78 is 32.8. The summed E-state index contributed by atoms with van der Waals surface area (Å²) in [6.07, 6.45) is -0.866. The van der Waals surface area contributed by atoms with Crippen LogP contribution in [0.2, 0.25) is 0 Å². The van der Waals surface area contributed by atoms with Crippen LogP contribution in [0.1, 0.15) is 17.2 Å². The SMILES string of the molecule is Cc1ccc(S(=O)(=O)N2C(=O)OC[C@H](Br)[C@H]2c2cccc3ccccc23)cc1. The van der Waals surface area contributed by atoms with Crippen LogP contribution in [-0.4, -0.2) is 30.3 Å². The monoisotopic (exact) mass is 459 g/mol. The number of benzene rings is 3. The van der Waals surface area contributed by atoms with Gasteiger partial charge in [-0.2, -0.15) is 4.31 Å². The van der Waals surface area contributed by atoms with Crippen LogP contribution in [0.4, 0.5) is 4.79 Å². The van der Waals surface area contributed by atoms with Crippen LogP contribution in [0.25, 0.3) is 10.8 Å². The van der Waals surface area contributed by atoms with Gasteiger partial charge < -0.3 is 4.74 Å². The first-order valence-electron chi connectivity index (χ1n) is 8.79. The van der Waals surface area contributed by atoms with Crippen LogP contribution in [-0.2, 0) is 14.8 Å². The molecule has 0 unspecified atom stereocenters. The first-order valence-corrected chi connectivity index (χ1v) is 11.1. The fraction of sp³-hybridized carbons (Fsp3) is 0.190. The van der Waals surface area contributed by atoms with Crippen molar-refractivity contribution in [3.05, 3.63) is 77.9 Å². The van der Waals surface area contributed by atoms with Gasteiger partial charge in [-0.15, -0.1) is 0 Å². The zero-order chi connectivity index (χ0) is 19.9. The minimum absolute atomic E-state index is 0.0573. The molecule has 3 aromatic rings. The molecule has 7 heteroatoms. The van der Waals surface area contributed by atoms with Gasteiger partial charge in [0, 0.05) is 0 Å². The highest BCUT2D eigenvalue weighted by atomic mass is 79.9. The van der Waals surface area contributed by atoms with Crippen molar-refractivity contribution in [1.82, 2.24) is 4.31 Å². The second-order valence-electron chi connectivity index (χ2n) is 6.72. The number of carbonyl (C=O) groups is 1. The van der Waals surface area contributed by atoms with Gasteiger partial charge in [-0.25, -0.2) is 13.2 Å². The first-order chi connectivity index (χ1) is 13.4. The third kappa shape index (κ3) is 3.18. The number of hydrogen-bond donors (Lipinski definition) is 0. The molecule has 1 heterocycles. The number of nitrogens with zero attached hydrogens (tertiary/aromatic N) is 1. The van der Waals surface area contributed by atoms with E-state index in [0.29, 0.717) is 0 Å². The van der Waals surface area contributed by atoms with Gasteiger partial charge in [0.2, 0.25) is 0 Å². The Morgan fingerprint density at radius 1 is 1.00 bits per heavy atom. The fourth-order valence-corrected chi connectivity index (χ4v) is 5.79. The predicted molar refractivity (Wildman–Crippen MR) is 111 cm³/mol. The Bertz CT molecular complexity index is 1140. The van der Waals surface area contributed by atoms with Crippen LogP contribution in [0, 0.1) is 6.92 Å². The molecule has 0 aliphatic carbocycles. The minimum Gasteiger partial charge on any atom is -0.447 e. The molecule has 0 aromatic heterocycles. The van der Waals surface area contributed by atoms with Crippen molar-refractivity contribution < 1.29 is 17.9 Å². The number of carbonyl (C=O) groups excluding carboxylic acids is 1.